The molecule has 1 saturated heterocycles. The zero-order chi connectivity index (χ0) is 21.0. The maximum atomic E-state index is 14.2. The highest BCUT2D eigenvalue weighted by Crippen LogP contribution is 2.44. The van der Waals surface area contributed by atoms with Crippen LogP contribution in [0.15, 0.2) is 48.7 Å². The minimum atomic E-state index is -0.268. The standard InChI is InChI=1S/C25H35FN4/c1-24(2)11-7-12-25(19-24,20-28-23-22(26)10-6-13-27-23)30-16-14-29(15-17-30)18-21-8-4-3-5-9-21/h3-6,8-10,13H,7,11-12,14-20H2,1-2H3,(H,27,28). The fourth-order valence-corrected chi connectivity index (χ4v) is 5.48. The molecular weight excluding hydrogens is 375 g/mol. The molecule has 4 nitrogen and oxygen atoms in total. The second-order valence-corrected chi connectivity index (χ2v) is 9.86. The van der Waals surface area contributed by atoms with Gasteiger partial charge in [0.25, 0.3) is 0 Å². The minimum absolute atomic E-state index is 0.0601. The summed E-state index contributed by atoms with van der Waals surface area (Å²) < 4.78 is 14.2. The first-order chi connectivity index (χ1) is 14.5. The van der Waals surface area contributed by atoms with Crippen LogP contribution in [-0.2, 0) is 6.54 Å². The average Bonchev–Trinajstić information content (AvgIpc) is 2.74. The Hall–Kier alpha value is -1.98. The van der Waals surface area contributed by atoms with Crippen LogP contribution in [0.2, 0.25) is 0 Å². The van der Waals surface area contributed by atoms with Crippen LogP contribution in [0.5, 0.6) is 0 Å². The number of rotatable bonds is 6. The van der Waals surface area contributed by atoms with Crippen molar-refractivity contribution in [3.63, 3.8) is 0 Å². The molecule has 30 heavy (non-hydrogen) atoms. The van der Waals surface area contributed by atoms with Gasteiger partial charge in [0.2, 0.25) is 0 Å². The Morgan fingerprint density at radius 2 is 1.77 bits per heavy atom. The van der Waals surface area contributed by atoms with E-state index in [1.165, 1.54) is 24.5 Å². The molecule has 0 radical (unpaired) electrons. The fourth-order valence-electron chi connectivity index (χ4n) is 5.48. The number of piperazine rings is 1. The maximum absolute atomic E-state index is 14.2. The van der Waals surface area contributed by atoms with Crippen LogP contribution in [0.4, 0.5) is 10.2 Å². The van der Waals surface area contributed by atoms with Crippen LogP contribution in [0.3, 0.4) is 0 Å². The number of nitrogens with one attached hydrogen (secondary N) is 1. The van der Waals surface area contributed by atoms with E-state index in [2.05, 4.69) is 64.3 Å². The number of hydrogen-bond donors (Lipinski definition) is 1. The second-order valence-electron chi connectivity index (χ2n) is 9.86. The van der Waals surface area contributed by atoms with E-state index in [-0.39, 0.29) is 11.4 Å². The van der Waals surface area contributed by atoms with Crippen molar-refractivity contribution < 1.29 is 4.39 Å². The first-order valence-electron chi connectivity index (χ1n) is 11.3. The van der Waals surface area contributed by atoms with Gasteiger partial charge in [-0.15, -0.1) is 0 Å². The molecule has 2 heterocycles. The summed E-state index contributed by atoms with van der Waals surface area (Å²) in [5.74, 6) is 0.110. The van der Waals surface area contributed by atoms with Gasteiger partial charge in [-0.3, -0.25) is 9.80 Å². The van der Waals surface area contributed by atoms with Crippen molar-refractivity contribution in [2.24, 2.45) is 5.41 Å². The van der Waals surface area contributed by atoms with Gasteiger partial charge in [-0.2, -0.15) is 0 Å². The molecule has 1 N–H and O–H groups in total. The van der Waals surface area contributed by atoms with E-state index >= 15 is 0 Å². The van der Waals surface area contributed by atoms with Gasteiger partial charge < -0.3 is 5.32 Å². The molecule has 2 aromatic rings. The third-order valence-electron chi connectivity index (χ3n) is 6.94. The molecule has 1 saturated carbocycles. The normalized spacial score (nSPS) is 25.2. The summed E-state index contributed by atoms with van der Waals surface area (Å²) in [5, 5.41) is 3.37. The van der Waals surface area contributed by atoms with Gasteiger partial charge in [-0.05, 0) is 42.4 Å². The lowest BCUT2D eigenvalue weighted by Crippen LogP contribution is -2.62. The summed E-state index contributed by atoms with van der Waals surface area (Å²) in [6, 6.07) is 13.9. The third kappa shape index (κ3) is 5.01. The van der Waals surface area contributed by atoms with Crippen molar-refractivity contribution in [1.29, 1.82) is 0 Å². The average molecular weight is 411 g/mol. The third-order valence-corrected chi connectivity index (χ3v) is 6.94. The van der Waals surface area contributed by atoms with Crippen LogP contribution in [-0.4, -0.2) is 53.0 Å². The SMILES string of the molecule is CC1(C)CCCC(CNc2ncccc2F)(N2CCN(Cc3ccccc3)CC2)C1. The Labute approximate surface area is 180 Å². The van der Waals surface area contributed by atoms with Crippen LogP contribution >= 0.6 is 0 Å². The minimum Gasteiger partial charge on any atom is -0.366 e. The van der Waals surface area contributed by atoms with Crippen molar-refractivity contribution in [1.82, 2.24) is 14.8 Å². The second kappa shape index (κ2) is 9.03. The van der Waals surface area contributed by atoms with Crippen molar-refractivity contribution in [2.75, 3.05) is 38.0 Å². The molecule has 1 aromatic carbocycles. The van der Waals surface area contributed by atoms with Crippen LogP contribution in [0.25, 0.3) is 0 Å². The van der Waals surface area contributed by atoms with Gasteiger partial charge in [0.1, 0.15) is 0 Å². The van der Waals surface area contributed by atoms with Gasteiger partial charge in [-0.1, -0.05) is 50.6 Å². The highest BCUT2D eigenvalue weighted by molar-refractivity contribution is 5.36. The van der Waals surface area contributed by atoms with E-state index in [4.69, 9.17) is 0 Å². The largest absolute Gasteiger partial charge is 0.366 e. The lowest BCUT2D eigenvalue weighted by atomic mass is 9.67. The van der Waals surface area contributed by atoms with Gasteiger partial charge in [0.15, 0.2) is 11.6 Å². The van der Waals surface area contributed by atoms with Crippen molar-refractivity contribution in [3.8, 4) is 0 Å². The Morgan fingerprint density at radius 3 is 2.47 bits per heavy atom. The number of anilines is 1. The summed E-state index contributed by atoms with van der Waals surface area (Å²) in [4.78, 5) is 9.46. The molecule has 2 fully saturated rings. The molecule has 2 aliphatic rings. The van der Waals surface area contributed by atoms with E-state index < -0.39 is 0 Å². The Morgan fingerprint density at radius 1 is 1.00 bits per heavy atom. The van der Waals surface area contributed by atoms with E-state index in [0.717, 1.165) is 52.1 Å². The molecular formula is C25H35FN4. The molecule has 4 rings (SSSR count). The zero-order valence-electron chi connectivity index (χ0n) is 18.4. The van der Waals surface area contributed by atoms with Gasteiger partial charge in [0.05, 0.1) is 0 Å². The highest BCUT2D eigenvalue weighted by atomic mass is 19.1. The molecule has 0 amide bonds. The summed E-state index contributed by atoms with van der Waals surface area (Å²) in [7, 11) is 0. The molecule has 1 aliphatic carbocycles. The monoisotopic (exact) mass is 410 g/mol. The van der Waals surface area contributed by atoms with E-state index in [9.17, 15) is 4.39 Å². The van der Waals surface area contributed by atoms with Gasteiger partial charge >= 0.3 is 0 Å². The summed E-state index contributed by atoms with van der Waals surface area (Å²) in [6.45, 7) is 10.8. The van der Waals surface area contributed by atoms with Crippen LogP contribution < -0.4 is 5.32 Å². The Bertz CT molecular complexity index is 817. The number of aromatic nitrogens is 1. The number of pyridine rings is 1. The highest BCUT2D eigenvalue weighted by Gasteiger charge is 2.44. The first kappa shape index (κ1) is 21.3. The quantitative estimate of drug-likeness (QED) is 0.742. The Balaban J connectivity index is 1.44. The summed E-state index contributed by atoms with van der Waals surface area (Å²) in [6.07, 6.45) is 6.45. The predicted molar refractivity (Wildman–Crippen MR) is 121 cm³/mol. The number of halogens is 1. The maximum Gasteiger partial charge on any atom is 0.165 e. The van der Waals surface area contributed by atoms with Crippen molar-refractivity contribution in [3.05, 3.63) is 60.0 Å². The molecule has 0 bridgehead atoms. The number of benzene rings is 1. The van der Waals surface area contributed by atoms with E-state index in [1.807, 2.05) is 0 Å². The van der Waals surface area contributed by atoms with Crippen molar-refractivity contribution in [2.45, 2.75) is 51.6 Å². The van der Waals surface area contributed by atoms with E-state index in [0.29, 0.717) is 11.2 Å². The van der Waals surface area contributed by atoms with Crippen LogP contribution in [0.1, 0.15) is 45.1 Å². The lowest BCUT2D eigenvalue weighted by molar-refractivity contribution is -0.0181. The number of nitrogens with zero attached hydrogens (tertiary/aromatic N) is 3. The molecule has 5 heteroatoms. The lowest BCUT2D eigenvalue weighted by Gasteiger charge is -2.53. The molecule has 1 aromatic heterocycles. The molecule has 162 valence electrons. The molecule has 1 aliphatic heterocycles. The van der Waals surface area contributed by atoms with Crippen LogP contribution in [0, 0.1) is 11.2 Å². The first-order valence-corrected chi connectivity index (χ1v) is 11.3. The molecule has 1 unspecified atom stereocenters. The zero-order valence-corrected chi connectivity index (χ0v) is 18.4. The predicted octanol–water partition coefficient (Wildman–Crippen LogP) is 4.79. The molecule has 0 spiro atoms. The number of hydrogen-bond acceptors (Lipinski definition) is 4. The topological polar surface area (TPSA) is 31.4 Å². The van der Waals surface area contributed by atoms with Gasteiger partial charge in [0, 0.05) is 51.0 Å². The summed E-state index contributed by atoms with van der Waals surface area (Å²) >= 11 is 0. The Kier molecular flexibility index (Phi) is 6.40. The fraction of sp³-hybridized carbons (Fsp3) is 0.560. The summed E-state index contributed by atoms with van der Waals surface area (Å²) in [5.41, 5.74) is 1.75. The smallest absolute Gasteiger partial charge is 0.165 e. The van der Waals surface area contributed by atoms with E-state index in [1.54, 1.807) is 12.3 Å². The van der Waals surface area contributed by atoms with Crippen molar-refractivity contribution >= 4 is 5.82 Å². The molecule has 1 atom stereocenters. The van der Waals surface area contributed by atoms with Gasteiger partial charge in [-0.25, -0.2) is 9.37 Å².